The van der Waals surface area contributed by atoms with Crippen LogP contribution in [0.4, 0.5) is 5.69 Å². The van der Waals surface area contributed by atoms with Crippen molar-refractivity contribution in [3.63, 3.8) is 0 Å². The number of ether oxygens (including phenoxy) is 4. The highest BCUT2D eigenvalue weighted by molar-refractivity contribution is 6.35. The van der Waals surface area contributed by atoms with Crippen molar-refractivity contribution in [2.45, 2.75) is 37.5 Å². The molecule has 12 heteroatoms. The molecule has 0 saturated carbocycles. The third kappa shape index (κ3) is 8.04. The lowest BCUT2D eigenvalue weighted by Gasteiger charge is -2.44. The lowest BCUT2D eigenvalue weighted by atomic mass is 9.86. The number of benzene rings is 3. The molecule has 3 aromatic carbocycles. The van der Waals surface area contributed by atoms with Crippen LogP contribution in [0.5, 0.6) is 11.5 Å². The molecule has 0 radical (unpaired) electrons. The number of esters is 2. The number of anilines is 1. The van der Waals surface area contributed by atoms with Crippen molar-refractivity contribution in [3.8, 4) is 11.5 Å². The molecule has 10 nitrogen and oxygen atoms in total. The maximum atomic E-state index is 13.8. The van der Waals surface area contributed by atoms with Crippen LogP contribution in [0.3, 0.4) is 0 Å². The van der Waals surface area contributed by atoms with E-state index in [9.17, 15) is 14.8 Å². The van der Waals surface area contributed by atoms with Gasteiger partial charge in [-0.05, 0) is 73.3 Å². The molecule has 4 heterocycles. The van der Waals surface area contributed by atoms with Crippen LogP contribution in [0, 0.1) is 11.1 Å². The molecule has 2 unspecified atom stereocenters. The average molecular weight is 707 g/mol. The normalized spacial score (nSPS) is 19.4. The summed E-state index contributed by atoms with van der Waals surface area (Å²) in [6.45, 7) is 2.83. The molecule has 1 aromatic heterocycles. The Labute approximate surface area is 295 Å². The van der Waals surface area contributed by atoms with Crippen molar-refractivity contribution in [2.75, 3.05) is 39.2 Å². The van der Waals surface area contributed by atoms with Crippen molar-refractivity contribution in [1.29, 1.82) is 0 Å². The van der Waals surface area contributed by atoms with Crippen molar-refractivity contribution in [1.82, 2.24) is 4.90 Å². The molecule has 4 aromatic rings. The Bertz CT molecular complexity index is 1780. The number of fused-ring (bicyclic) bond motifs is 3. The van der Waals surface area contributed by atoms with E-state index in [2.05, 4.69) is 10.2 Å². The Morgan fingerprint density at radius 1 is 0.918 bits per heavy atom. The molecule has 1 N–H and O–H groups in total. The summed E-state index contributed by atoms with van der Waals surface area (Å²) in [7, 11) is 3.03. The molecule has 3 aliphatic rings. The van der Waals surface area contributed by atoms with Gasteiger partial charge in [0.2, 0.25) is 0 Å². The SMILES string of the molecule is COc1ccc(C(Cc2c(Cl)c[n+]([O-])cc2Cl)OC(=O)c2cccc(NC(C(=O)O[C@H]3CN4CCC3CC4)c3ccccc3)c2)cc1OC. The van der Waals surface area contributed by atoms with E-state index >= 15 is 0 Å². The van der Waals surface area contributed by atoms with Crippen LogP contribution >= 0.6 is 23.2 Å². The fourth-order valence-corrected chi connectivity index (χ4v) is 7.08. The van der Waals surface area contributed by atoms with Crippen LogP contribution in [0.25, 0.3) is 0 Å². The Hall–Kier alpha value is -4.51. The predicted octanol–water partition coefficient (Wildman–Crippen LogP) is 6.58. The standard InChI is InChI=1S/C37H37Cl2N3O7/c1-46-31-12-11-25(18-33(31)47-2)32(19-28-29(38)20-42(45)21-30(28)39)48-36(43)26-9-6-10-27(17-26)40-35(24-7-4-3-5-8-24)37(44)49-34-22-41-15-13-23(34)14-16-41/h3-12,17-18,20-21,23,32,34-35,40H,13-16,19,22H2,1-2H3/t32?,34-,35?/m0/s1. The van der Waals surface area contributed by atoms with Gasteiger partial charge in [-0.1, -0.05) is 65.7 Å². The number of methoxy groups -OCH3 is 2. The smallest absolute Gasteiger partial charge is 0.338 e. The van der Waals surface area contributed by atoms with E-state index in [1.807, 2.05) is 30.3 Å². The first-order chi connectivity index (χ1) is 23.7. The molecule has 3 fully saturated rings. The number of hydrogen-bond acceptors (Lipinski definition) is 9. The van der Waals surface area contributed by atoms with Crippen LogP contribution in [0.15, 0.2) is 85.2 Å². The van der Waals surface area contributed by atoms with Crippen molar-refractivity contribution >= 4 is 40.8 Å². The van der Waals surface area contributed by atoms with Crippen molar-refractivity contribution < 1.29 is 33.3 Å². The zero-order chi connectivity index (χ0) is 34.5. The van der Waals surface area contributed by atoms with Gasteiger partial charge < -0.3 is 29.5 Å². The fraction of sp³-hybridized carbons (Fsp3) is 0.324. The van der Waals surface area contributed by atoms with Crippen LogP contribution in [0.2, 0.25) is 10.0 Å². The molecule has 0 aliphatic carbocycles. The van der Waals surface area contributed by atoms with Gasteiger partial charge in [-0.15, -0.1) is 0 Å². The number of pyridine rings is 1. The summed E-state index contributed by atoms with van der Waals surface area (Å²) >= 11 is 12.8. The summed E-state index contributed by atoms with van der Waals surface area (Å²) in [6.07, 6.45) is 3.47. The van der Waals surface area contributed by atoms with E-state index in [1.54, 1.807) is 42.5 Å². The Kier molecular flexibility index (Phi) is 10.8. The first-order valence-corrected chi connectivity index (χ1v) is 16.8. The van der Waals surface area contributed by atoms with Gasteiger partial charge in [0.25, 0.3) is 0 Å². The third-order valence-electron chi connectivity index (χ3n) is 9.12. The highest BCUT2D eigenvalue weighted by atomic mass is 35.5. The second kappa shape index (κ2) is 15.4. The molecule has 3 saturated heterocycles. The zero-order valence-electron chi connectivity index (χ0n) is 27.1. The first kappa shape index (κ1) is 34.4. The van der Waals surface area contributed by atoms with Crippen molar-refractivity contribution in [2.24, 2.45) is 5.92 Å². The molecular formula is C37H37Cl2N3O7. The summed E-state index contributed by atoms with van der Waals surface area (Å²) in [5.74, 6) is 0.299. The van der Waals surface area contributed by atoms with E-state index in [-0.39, 0.29) is 34.1 Å². The zero-order valence-corrected chi connectivity index (χ0v) is 28.7. The van der Waals surface area contributed by atoms with E-state index in [0.717, 1.165) is 38.0 Å². The quantitative estimate of drug-likeness (QED) is 0.0993. The van der Waals surface area contributed by atoms with E-state index in [1.165, 1.54) is 26.6 Å². The minimum atomic E-state index is -0.880. The number of rotatable bonds is 12. The van der Waals surface area contributed by atoms with Gasteiger partial charge in [0.05, 0.1) is 19.8 Å². The fourth-order valence-electron chi connectivity index (χ4n) is 6.48. The molecule has 49 heavy (non-hydrogen) atoms. The predicted molar refractivity (Wildman–Crippen MR) is 185 cm³/mol. The summed E-state index contributed by atoms with van der Waals surface area (Å²) < 4.78 is 23.6. The molecule has 3 atom stereocenters. The van der Waals surface area contributed by atoms with E-state index < -0.39 is 18.1 Å². The number of piperidine rings is 3. The minimum absolute atomic E-state index is 0.0686. The highest BCUT2D eigenvalue weighted by Gasteiger charge is 2.38. The Morgan fingerprint density at radius 3 is 2.29 bits per heavy atom. The van der Waals surface area contributed by atoms with Gasteiger partial charge in [0, 0.05) is 24.2 Å². The van der Waals surface area contributed by atoms with Gasteiger partial charge in [0.1, 0.15) is 22.3 Å². The van der Waals surface area contributed by atoms with Crippen molar-refractivity contribution in [3.05, 3.63) is 123 Å². The number of hydrogen-bond donors (Lipinski definition) is 1. The number of halogens is 2. The number of carbonyl (C=O) groups is 2. The summed E-state index contributed by atoms with van der Waals surface area (Å²) in [4.78, 5) is 29.8. The molecule has 3 aliphatic heterocycles. The topological polar surface area (TPSA) is 113 Å². The van der Waals surface area contributed by atoms with Gasteiger partial charge >= 0.3 is 11.9 Å². The molecule has 256 valence electrons. The second-order valence-corrected chi connectivity index (χ2v) is 13.0. The Morgan fingerprint density at radius 2 is 1.63 bits per heavy atom. The number of aromatic nitrogens is 1. The monoisotopic (exact) mass is 705 g/mol. The van der Waals surface area contributed by atoms with Crippen LogP contribution in [-0.2, 0) is 20.7 Å². The van der Waals surface area contributed by atoms with Crippen LogP contribution in [0.1, 0.15) is 52.0 Å². The van der Waals surface area contributed by atoms with Gasteiger partial charge in [-0.2, -0.15) is 4.73 Å². The number of nitrogens with one attached hydrogen (secondary N) is 1. The summed E-state index contributed by atoms with van der Waals surface area (Å²) in [5.41, 5.74) is 2.55. The molecular weight excluding hydrogens is 669 g/mol. The second-order valence-electron chi connectivity index (χ2n) is 12.2. The number of nitrogens with zero attached hydrogens (tertiary/aromatic N) is 2. The molecule has 0 spiro atoms. The lowest BCUT2D eigenvalue weighted by molar-refractivity contribution is -0.605. The molecule has 7 rings (SSSR count). The van der Waals surface area contributed by atoms with Crippen LogP contribution < -0.4 is 19.5 Å². The van der Waals surface area contributed by atoms with Gasteiger partial charge in [-0.25, -0.2) is 9.59 Å². The van der Waals surface area contributed by atoms with E-state index in [0.29, 0.717) is 39.0 Å². The van der Waals surface area contributed by atoms with E-state index in [4.69, 9.17) is 42.1 Å². The summed E-state index contributed by atoms with van der Waals surface area (Å²) in [6, 6.07) is 20.5. The largest absolute Gasteiger partial charge is 0.619 e. The van der Waals surface area contributed by atoms with Crippen LogP contribution in [-0.4, -0.2) is 56.8 Å². The first-order valence-electron chi connectivity index (χ1n) is 16.1. The summed E-state index contributed by atoms with van der Waals surface area (Å²) in [5, 5.41) is 15.5. The lowest BCUT2D eigenvalue weighted by Crippen LogP contribution is -2.52. The van der Waals surface area contributed by atoms with Gasteiger partial charge in [0.15, 0.2) is 29.9 Å². The molecule has 0 amide bonds. The molecule has 2 bridgehead atoms. The average Bonchev–Trinajstić information content (AvgIpc) is 3.12. The Balaban J connectivity index is 1.25. The maximum Gasteiger partial charge on any atom is 0.338 e. The minimum Gasteiger partial charge on any atom is -0.619 e. The number of carbonyl (C=O) groups excluding carboxylic acids is 2. The maximum absolute atomic E-state index is 13.8. The highest BCUT2D eigenvalue weighted by Crippen LogP contribution is 2.36. The third-order valence-corrected chi connectivity index (χ3v) is 9.77. The van der Waals surface area contributed by atoms with Gasteiger partial charge in [-0.3, -0.25) is 4.90 Å².